The molecule has 1 saturated heterocycles. The van der Waals surface area contributed by atoms with Gasteiger partial charge in [-0.25, -0.2) is 0 Å². The predicted octanol–water partition coefficient (Wildman–Crippen LogP) is 4.21. The molecule has 0 aromatic heterocycles. The zero-order valence-corrected chi connectivity index (χ0v) is 18.1. The summed E-state index contributed by atoms with van der Waals surface area (Å²) in [7, 11) is 3.43. The fourth-order valence-electron chi connectivity index (χ4n) is 4.71. The lowest BCUT2D eigenvalue weighted by molar-refractivity contribution is -0.933. The Balaban J connectivity index is 1.53. The largest absolute Gasteiger partial charge is 0.497 e. The van der Waals surface area contributed by atoms with E-state index in [9.17, 15) is 0 Å². The highest BCUT2D eigenvalue weighted by Gasteiger charge is 2.32. The van der Waals surface area contributed by atoms with Gasteiger partial charge >= 0.3 is 0 Å². The van der Waals surface area contributed by atoms with Gasteiger partial charge in [0.25, 0.3) is 0 Å². The van der Waals surface area contributed by atoms with Crippen LogP contribution < -0.4 is 15.2 Å². The van der Waals surface area contributed by atoms with Crippen LogP contribution >= 0.6 is 0 Å². The second kappa shape index (κ2) is 10.7. The summed E-state index contributed by atoms with van der Waals surface area (Å²) < 4.78 is 11.7. The molecule has 0 spiro atoms. The van der Waals surface area contributed by atoms with Crippen LogP contribution in [0.3, 0.4) is 0 Å². The molecule has 4 nitrogen and oxygen atoms in total. The molecule has 2 aromatic rings. The van der Waals surface area contributed by atoms with Gasteiger partial charge < -0.3 is 19.7 Å². The molecule has 2 aromatic carbocycles. The molecular formula is C25H37N2O2+. The maximum absolute atomic E-state index is 6.40. The average Bonchev–Trinajstić information content (AvgIpc) is 2.75. The van der Waals surface area contributed by atoms with Crippen LogP contribution in [-0.2, 0) is 12.8 Å². The topological polar surface area (TPSA) is 44.5 Å². The van der Waals surface area contributed by atoms with Crippen molar-refractivity contribution in [3.8, 4) is 11.5 Å². The standard InChI is InChI=1S/C25H37N2O2/c1-28-24-13-9-21(10-14-24)6-3-17-27(19-5-8-23(26)20-27)18-4-7-22-11-15-25(29-2)16-12-22/h9-16,23H,3-8,17-20,26H2,1-2H3/q+1. The van der Waals surface area contributed by atoms with Gasteiger partial charge in [-0.3, -0.25) is 0 Å². The second-order valence-electron chi connectivity index (χ2n) is 8.50. The van der Waals surface area contributed by atoms with Crippen molar-refractivity contribution in [1.82, 2.24) is 0 Å². The van der Waals surface area contributed by atoms with Gasteiger partial charge in [0, 0.05) is 12.8 Å². The van der Waals surface area contributed by atoms with E-state index in [-0.39, 0.29) is 0 Å². The number of nitrogens with zero attached hydrogens (tertiary/aromatic N) is 1. The molecule has 1 atom stereocenters. The van der Waals surface area contributed by atoms with E-state index in [1.54, 1.807) is 14.2 Å². The summed E-state index contributed by atoms with van der Waals surface area (Å²) in [4.78, 5) is 0. The Morgan fingerprint density at radius 1 is 0.828 bits per heavy atom. The summed E-state index contributed by atoms with van der Waals surface area (Å²) in [5, 5.41) is 0. The van der Waals surface area contributed by atoms with Gasteiger partial charge in [0.05, 0.1) is 46.4 Å². The molecule has 0 saturated carbocycles. The number of aryl methyl sites for hydroxylation is 2. The first-order valence-electron chi connectivity index (χ1n) is 11.0. The van der Waals surface area contributed by atoms with E-state index >= 15 is 0 Å². The zero-order chi connectivity index (χ0) is 20.5. The Kier molecular flexibility index (Phi) is 7.96. The van der Waals surface area contributed by atoms with Gasteiger partial charge in [0.15, 0.2) is 0 Å². The third-order valence-corrected chi connectivity index (χ3v) is 6.34. The van der Waals surface area contributed by atoms with Crippen molar-refractivity contribution in [3.63, 3.8) is 0 Å². The van der Waals surface area contributed by atoms with Crippen LogP contribution in [0.2, 0.25) is 0 Å². The molecular weight excluding hydrogens is 360 g/mol. The van der Waals surface area contributed by atoms with E-state index in [0.29, 0.717) is 6.04 Å². The third kappa shape index (κ3) is 6.48. The lowest BCUT2D eigenvalue weighted by atomic mass is 10.00. The average molecular weight is 398 g/mol. The van der Waals surface area contributed by atoms with Crippen molar-refractivity contribution in [2.45, 2.75) is 44.6 Å². The van der Waals surface area contributed by atoms with E-state index in [0.717, 1.165) is 30.9 Å². The van der Waals surface area contributed by atoms with E-state index in [4.69, 9.17) is 15.2 Å². The minimum atomic E-state index is 0.353. The van der Waals surface area contributed by atoms with Crippen LogP contribution in [0.5, 0.6) is 11.5 Å². The summed E-state index contributed by atoms with van der Waals surface area (Å²) in [6.45, 7) is 4.86. The molecule has 3 rings (SSSR count). The number of methoxy groups -OCH3 is 2. The Bertz CT molecular complexity index is 674. The van der Waals surface area contributed by atoms with Crippen molar-refractivity contribution in [2.24, 2.45) is 5.73 Å². The highest BCUT2D eigenvalue weighted by atomic mass is 16.5. The predicted molar refractivity (Wildman–Crippen MR) is 120 cm³/mol. The number of hydrogen-bond donors (Lipinski definition) is 1. The van der Waals surface area contributed by atoms with Crippen molar-refractivity contribution < 1.29 is 14.0 Å². The number of piperidine rings is 1. The minimum Gasteiger partial charge on any atom is -0.497 e. The van der Waals surface area contributed by atoms with E-state index in [1.807, 2.05) is 0 Å². The first-order valence-corrected chi connectivity index (χ1v) is 11.0. The number of ether oxygens (including phenoxy) is 2. The fraction of sp³-hybridized carbons (Fsp3) is 0.520. The molecule has 1 aliphatic rings. The lowest BCUT2D eigenvalue weighted by Gasteiger charge is -2.44. The van der Waals surface area contributed by atoms with Gasteiger partial charge in [-0.05, 0) is 61.1 Å². The van der Waals surface area contributed by atoms with Crippen molar-refractivity contribution in [1.29, 1.82) is 0 Å². The van der Waals surface area contributed by atoms with Crippen molar-refractivity contribution >= 4 is 0 Å². The smallest absolute Gasteiger partial charge is 0.118 e. The number of quaternary nitrogens is 1. The van der Waals surface area contributed by atoms with E-state index < -0.39 is 0 Å². The number of nitrogens with two attached hydrogens (primary N) is 1. The van der Waals surface area contributed by atoms with Crippen LogP contribution in [0.4, 0.5) is 0 Å². The molecule has 1 heterocycles. The van der Waals surface area contributed by atoms with Gasteiger partial charge in [0.1, 0.15) is 11.5 Å². The maximum atomic E-state index is 6.40. The molecule has 29 heavy (non-hydrogen) atoms. The van der Waals surface area contributed by atoms with Crippen LogP contribution in [-0.4, -0.2) is 50.9 Å². The third-order valence-electron chi connectivity index (χ3n) is 6.34. The van der Waals surface area contributed by atoms with E-state index in [2.05, 4.69) is 48.5 Å². The summed E-state index contributed by atoms with van der Waals surface area (Å²) in [5.74, 6) is 1.86. The highest BCUT2D eigenvalue weighted by Crippen LogP contribution is 2.22. The fourth-order valence-corrected chi connectivity index (χ4v) is 4.71. The molecule has 1 fully saturated rings. The van der Waals surface area contributed by atoms with Gasteiger partial charge in [-0.2, -0.15) is 0 Å². The maximum Gasteiger partial charge on any atom is 0.118 e. The van der Waals surface area contributed by atoms with Crippen LogP contribution in [0, 0.1) is 0 Å². The molecule has 4 heteroatoms. The minimum absolute atomic E-state index is 0.353. The monoisotopic (exact) mass is 397 g/mol. The molecule has 158 valence electrons. The van der Waals surface area contributed by atoms with Crippen LogP contribution in [0.25, 0.3) is 0 Å². The first kappa shape index (κ1) is 21.7. The molecule has 0 radical (unpaired) electrons. The molecule has 0 aliphatic carbocycles. The summed E-state index contributed by atoms with van der Waals surface area (Å²) in [5.41, 5.74) is 9.18. The SMILES string of the molecule is COc1ccc(CCC[N+]2(CCCc3ccc(OC)cc3)CCCC(N)C2)cc1. The quantitative estimate of drug-likeness (QED) is 0.611. The zero-order valence-electron chi connectivity index (χ0n) is 18.1. The highest BCUT2D eigenvalue weighted by molar-refractivity contribution is 5.27. The van der Waals surface area contributed by atoms with Crippen LogP contribution in [0.1, 0.15) is 36.8 Å². The second-order valence-corrected chi connectivity index (χ2v) is 8.50. The number of likely N-dealkylation sites (tertiary alicyclic amines) is 1. The van der Waals surface area contributed by atoms with Gasteiger partial charge in [-0.15, -0.1) is 0 Å². The van der Waals surface area contributed by atoms with Crippen molar-refractivity contribution in [3.05, 3.63) is 59.7 Å². The van der Waals surface area contributed by atoms with Crippen molar-refractivity contribution in [2.75, 3.05) is 40.4 Å². The normalized spacial score (nSPS) is 18.4. The first-order chi connectivity index (χ1) is 14.1. The van der Waals surface area contributed by atoms with Gasteiger partial charge in [-0.1, -0.05) is 24.3 Å². The van der Waals surface area contributed by atoms with Gasteiger partial charge in [0.2, 0.25) is 0 Å². The Morgan fingerprint density at radius 3 is 1.72 bits per heavy atom. The summed E-state index contributed by atoms with van der Waals surface area (Å²) in [6.07, 6.45) is 7.10. The Morgan fingerprint density at radius 2 is 1.31 bits per heavy atom. The molecule has 1 aliphatic heterocycles. The number of rotatable bonds is 10. The molecule has 0 bridgehead atoms. The summed E-state index contributed by atoms with van der Waals surface area (Å²) in [6, 6.07) is 17.4. The Hall–Kier alpha value is -2.04. The number of benzene rings is 2. The molecule has 2 N–H and O–H groups in total. The summed E-state index contributed by atoms with van der Waals surface area (Å²) >= 11 is 0. The lowest BCUT2D eigenvalue weighted by Crippen LogP contribution is -2.58. The Labute approximate surface area is 176 Å². The number of hydrogen-bond acceptors (Lipinski definition) is 3. The van der Waals surface area contributed by atoms with Crippen LogP contribution in [0.15, 0.2) is 48.5 Å². The molecule has 0 amide bonds. The van der Waals surface area contributed by atoms with E-state index in [1.165, 1.54) is 60.9 Å². The molecule has 1 unspecified atom stereocenters.